The molecule has 1 aromatic carbocycles. The Balaban J connectivity index is 1.40. The van der Waals surface area contributed by atoms with Gasteiger partial charge in [-0.05, 0) is 48.7 Å². The maximum Gasteiger partial charge on any atom is 0.227 e. The smallest absolute Gasteiger partial charge is 0.227 e. The molecule has 0 saturated carbocycles. The Morgan fingerprint density at radius 3 is 2.83 bits per heavy atom. The number of aliphatic hydroxyl groups excluding tert-OH is 1. The number of nitrogens with one attached hydrogen (secondary N) is 1. The molecule has 5 aliphatic heterocycles. The lowest BCUT2D eigenvalue weighted by molar-refractivity contribution is -0.124. The third kappa shape index (κ3) is 7.85. The highest BCUT2D eigenvalue weighted by atomic mass is 16.5. The SMILES string of the molecule is CC1CCCN(C)c2ccc(cn2)-c2ccnc(n2)Nc2cccc(c2)CN2CCN(CC1=O)CC2COCCO. The van der Waals surface area contributed by atoms with E-state index in [-0.39, 0.29) is 18.6 Å². The number of carbonyl (C=O) groups excluding carboxylic acids is 1. The first-order valence-electron chi connectivity index (χ1n) is 14.5. The molecule has 10 nitrogen and oxygen atoms in total. The first-order chi connectivity index (χ1) is 20.0. The fourth-order valence-corrected chi connectivity index (χ4v) is 5.49. The van der Waals surface area contributed by atoms with Crippen molar-refractivity contribution in [3.8, 4) is 11.3 Å². The van der Waals surface area contributed by atoms with Crippen LogP contribution in [0.25, 0.3) is 11.3 Å². The summed E-state index contributed by atoms with van der Waals surface area (Å²) in [5.41, 5.74) is 3.81. The van der Waals surface area contributed by atoms with E-state index >= 15 is 0 Å². The van der Waals surface area contributed by atoms with Crippen molar-refractivity contribution in [1.29, 1.82) is 0 Å². The van der Waals surface area contributed by atoms with Crippen molar-refractivity contribution >= 4 is 23.2 Å². The van der Waals surface area contributed by atoms with Gasteiger partial charge in [0.2, 0.25) is 5.95 Å². The summed E-state index contributed by atoms with van der Waals surface area (Å²) in [6.45, 7) is 7.34. The van der Waals surface area contributed by atoms with E-state index in [9.17, 15) is 9.90 Å². The summed E-state index contributed by atoms with van der Waals surface area (Å²) in [6.07, 6.45) is 5.36. The maximum absolute atomic E-state index is 13.2. The molecule has 2 aromatic heterocycles. The predicted molar refractivity (Wildman–Crippen MR) is 160 cm³/mol. The summed E-state index contributed by atoms with van der Waals surface area (Å²) in [6, 6.07) is 14.4. The Hall–Kier alpha value is -3.44. The fourth-order valence-electron chi connectivity index (χ4n) is 5.49. The molecule has 0 aliphatic carbocycles. The molecule has 0 spiro atoms. The Kier molecular flexibility index (Phi) is 9.89. The van der Waals surface area contributed by atoms with Gasteiger partial charge in [-0.25, -0.2) is 15.0 Å². The van der Waals surface area contributed by atoms with Gasteiger partial charge in [-0.1, -0.05) is 19.1 Å². The Morgan fingerprint density at radius 2 is 2.00 bits per heavy atom. The van der Waals surface area contributed by atoms with E-state index in [0.29, 0.717) is 31.5 Å². The number of hydrogen-bond acceptors (Lipinski definition) is 10. The maximum atomic E-state index is 13.2. The lowest BCUT2D eigenvalue weighted by Crippen LogP contribution is -2.55. The molecule has 0 radical (unpaired) electrons. The Morgan fingerprint density at radius 1 is 1.10 bits per heavy atom. The van der Waals surface area contributed by atoms with E-state index in [0.717, 1.165) is 68.3 Å². The van der Waals surface area contributed by atoms with Crippen LogP contribution in [0.5, 0.6) is 0 Å². The zero-order chi connectivity index (χ0) is 28.6. The van der Waals surface area contributed by atoms with Gasteiger partial charge in [0.1, 0.15) is 11.6 Å². The molecule has 7 heterocycles. The number of pyridine rings is 1. The molecule has 4 atom stereocenters. The molecule has 3 aromatic rings. The number of ketones is 1. The van der Waals surface area contributed by atoms with Gasteiger partial charge >= 0.3 is 0 Å². The first-order valence-corrected chi connectivity index (χ1v) is 14.5. The van der Waals surface area contributed by atoms with E-state index in [4.69, 9.17) is 9.72 Å². The van der Waals surface area contributed by atoms with Gasteiger partial charge in [-0.2, -0.15) is 0 Å². The van der Waals surface area contributed by atoms with Crippen molar-refractivity contribution in [2.45, 2.75) is 32.4 Å². The van der Waals surface area contributed by atoms with E-state index in [1.165, 1.54) is 5.56 Å². The molecule has 2 N–H and O–H groups in total. The quantitative estimate of drug-likeness (QED) is 0.463. The highest BCUT2D eigenvalue weighted by molar-refractivity contribution is 5.82. The summed E-state index contributed by atoms with van der Waals surface area (Å²) in [5.74, 6) is 1.72. The van der Waals surface area contributed by atoms with Crippen molar-refractivity contribution in [3.05, 3.63) is 60.4 Å². The monoisotopic (exact) mass is 559 g/mol. The number of carbonyl (C=O) groups is 1. The molecular formula is C31H41N7O3. The Labute approximate surface area is 242 Å². The topological polar surface area (TPSA) is 107 Å². The lowest BCUT2D eigenvalue weighted by atomic mass is 9.99. The normalized spacial score (nSPS) is 23.8. The number of anilines is 3. The van der Waals surface area contributed by atoms with Crippen LogP contribution in [0.4, 0.5) is 17.5 Å². The van der Waals surface area contributed by atoms with E-state index in [1.807, 2.05) is 50.5 Å². The molecule has 8 bridgehead atoms. The number of Topliss-reactive ketones (excluding diaryl/α,β-unsaturated/α-hetero) is 1. The molecule has 218 valence electrons. The lowest BCUT2D eigenvalue weighted by Gasteiger charge is -2.41. The van der Waals surface area contributed by atoms with E-state index < -0.39 is 0 Å². The second kappa shape index (κ2) is 14.0. The third-order valence-electron chi connectivity index (χ3n) is 7.95. The molecule has 0 amide bonds. The number of hydrogen-bond donors (Lipinski definition) is 2. The van der Waals surface area contributed by atoms with Gasteiger partial charge in [-0.15, -0.1) is 0 Å². The molecule has 1 saturated heterocycles. The summed E-state index contributed by atoms with van der Waals surface area (Å²) < 4.78 is 5.77. The van der Waals surface area contributed by atoms with Crippen LogP contribution >= 0.6 is 0 Å². The van der Waals surface area contributed by atoms with Crippen molar-refractivity contribution in [2.24, 2.45) is 5.92 Å². The van der Waals surface area contributed by atoms with Gasteiger partial charge < -0.3 is 20.1 Å². The van der Waals surface area contributed by atoms with Gasteiger partial charge in [0, 0.05) is 75.4 Å². The second-order valence-electron chi connectivity index (χ2n) is 11.1. The second-order valence-corrected chi connectivity index (χ2v) is 11.1. The highest BCUT2D eigenvalue weighted by Gasteiger charge is 2.29. The van der Waals surface area contributed by atoms with Crippen LogP contribution < -0.4 is 10.2 Å². The predicted octanol–water partition coefficient (Wildman–Crippen LogP) is 3.21. The number of piperazine rings is 1. The molecule has 5 aliphatic rings. The van der Waals surface area contributed by atoms with Crippen molar-refractivity contribution < 1.29 is 14.6 Å². The van der Waals surface area contributed by atoms with Crippen molar-refractivity contribution in [1.82, 2.24) is 24.8 Å². The van der Waals surface area contributed by atoms with Crippen LogP contribution in [0.3, 0.4) is 0 Å². The minimum atomic E-state index is -0.000691. The number of ether oxygens (including phenoxy) is 1. The largest absolute Gasteiger partial charge is 0.394 e. The summed E-state index contributed by atoms with van der Waals surface area (Å²) in [5, 5.41) is 12.6. The zero-order valence-corrected chi connectivity index (χ0v) is 24.1. The van der Waals surface area contributed by atoms with E-state index in [2.05, 4.69) is 42.1 Å². The summed E-state index contributed by atoms with van der Waals surface area (Å²) >= 11 is 0. The summed E-state index contributed by atoms with van der Waals surface area (Å²) in [7, 11) is 2.04. The van der Waals surface area contributed by atoms with Crippen molar-refractivity contribution in [2.75, 3.05) is 69.8 Å². The Bertz CT molecular complexity index is 1290. The average Bonchev–Trinajstić information content (AvgIpc) is 2.98. The average molecular weight is 560 g/mol. The highest BCUT2D eigenvalue weighted by Crippen LogP contribution is 2.23. The molecule has 1 fully saturated rings. The number of aromatic nitrogens is 3. The van der Waals surface area contributed by atoms with Crippen molar-refractivity contribution in [3.63, 3.8) is 0 Å². The van der Waals surface area contributed by atoms with Crippen LogP contribution in [0.15, 0.2) is 54.9 Å². The molecule has 8 rings (SSSR count). The number of rotatable bonds is 4. The van der Waals surface area contributed by atoms with Crippen LogP contribution in [0.2, 0.25) is 0 Å². The molecule has 10 heteroatoms. The fraction of sp³-hybridized carbons (Fsp3) is 0.484. The minimum absolute atomic E-state index is 0.000691. The van der Waals surface area contributed by atoms with Gasteiger partial charge in [0.15, 0.2) is 0 Å². The molecule has 4 unspecified atom stereocenters. The summed E-state index contributed by atoms with van der Waals surface area (Å²) in [4.78, 5) is 33.8. The van der Waals surface area contributed by atoms with Crippen LogP contribution in [-0.4, -0.2) is 101 Å². The van der Waals surface area contributed by atoms with Gasteiger partial charge in [0.05, 0.1) is 32.1 Å². The van der Waals surface area contributed by atoms with Gasteiger partial charge in [-0.3, -0.25) is 14.6 Å². The number of aliphatic hydroxyl groups is 1. The van der Waals surface area contributed by atoms with Crippen LogP contribution in [0, 0.1) is 5.92 Å². The number of nitrogens with zero attached hydrogens (tertiary/aromatic N) is 6. The zero-order valence-electron chi connectivity index (χ0n) is 24.1. The minimum Gasteiger partial charge on any atom is -0.394 e. The van der Waals surface area contributed by atoms with Crippen LogP contribution in [-0.2, 0) is 16.1 Å². The third-order valence-corrected chi connectivity index (χ3v) is 7.95. The standard InChI is InChI=1S/C31H41N7O3/c1-23-5-4-12-36(2)30-9-8-25(18-33-30)28-10-11-32-31(35-28)34-26-7-3-6-24(17-26)19-38-14-13-37(21-29(23)40)20-27(38)22-41-16-15-39/h3,6-11,17-18,23,27,39H,4-5,12-16,19-22H2,1-2H3,(H,32,34,35). The van der Waals surface area contributed by atoms with Gasteiger partial charge in [0.25, 0.3) is 0 Å². The van der Waals surface area contributed by atoms with E-state index in [1.54, 1.807) is 6.20 Å². The molecular weight excluding hydrogens is 518 g/mol. The number of benzene rings is 1. The molecule has 41 heavy (non-hydrogen) atoms. The van der Waals surface area contributed by atoms with Crippen LogP contribution in [0.1, 0.15) is 25.3 Å². The first kappa shape index (κ1) is 29.1.